The number of halogens is 2. The van der Waals surface area contributed by atoms with Gasteiger partial charge < -0.3 is 9.67 Å². The fourth-order valence-electron chi connectivity index (χ4n) is 2.22. The van der Waals surface area contributed by atoms with E-state index in [9.17, 15) is 4.79 Å². The Balaban J connectivity index is 2.02. The Morgan fingerprint density at radius 1 is 1.24 bits per heavy atom. The van der Waals surface area contributed by atoms with E-state index in [-0.39, 0.29) is 5.69 Å². The molecule has 106 valence electrons. The monoisotopic (exact) mass is 320 g/mol. The zero-order valence-electron chi connectivity index (χ0n) is 10.8. The first-order chi connectivity index (χ1) is 10.0. The van der Waals surface area contributed by atoms with E-state index >= 15 is 0 Å². The smallest absolute Gasteiger partial charge is 0.354 e. The first-order valence-electron chi connectivity index (χ1n) is 6.18. The minimum atomic E-state index is -1.04. The van der Waals surface area contributed by atoms with Crippen LogP contribution < -0.4 is 0 Å². The normalized spacial score (nSPS) is 11.0. The third-order valence-electron chi connectivity index (χ3n) is 3.16. The molecule has 0 fully saturated rings. The molecule has 0 aliphatic carbocycles. The Morgan fingerprint density at radius 3 is 2.81 bits per heavy atom. The molecule has 1 N–H and O–H groups in total. The van der Waals surface area contributed by atoms with Crippen molar-refractivity contribution in [1.29, 1.82) is 0 Å². The molecule has 0 saturated carbocycles. The summed E-state index contributed by atoms with van der Waals surface area (Å²) in [5.74, 6) is -1.04. The van der Waals surface area contributed by atoms with Gasteiger partial charge in [-0.05, 0) is 30.3 Å². The maximum Gasteiger partial charge on any atom is 0.354 e. The van der Waals surface area contributed by atoms with E-state index in [1.165, 1.54) is 6.07 Å². The molecule has 0 atom stereocenters. The number of nitrogens with zero attached hydrogens (tertiary/aromatic N) is 2. The number of hydrogen-bond acceptors (Lipinski definition) is 2. The third-order valence-corrected chi connectivity index (χ3v) is 3.69. The summed E-state index contributed by atoms with van der Waals surface area (Å²) in [5.41, 5.74) is 1.57. The molecule has 1 aromatic carbocycles. The van der Waals surface area contributed by atoms with Gasteiger partial charge in [-0.2, -0.15) is 0 Å². The van der Waals surface area contributed by atoms with Crippen molar-refractivity contribution in [2.75, 3.05) is 0 Å². The first kappa shape index (κ1) is 13.9. The van der Waals surface area contributed by atoms with Gasteiger partial charge in [0.2, 0.25) is 0 Å². The lowest BCUT2D eigenvalue weighted by Gasteiger charge is -2.06. The number of rotatable bonds is 3. The number of carbonyl (C=O) groups is 1. The van der Waals surface area contributed by atoms with E-state index in [1.54, 1.807) is 18.2 Å². The number of aromatic nitrogens is 2. The summed E-state index contributed by atoms with van der Waals surface area (Å²) in [6.45, 7) is 0.446. The van der Waals surface area contributed by atoms with Crippen molar-refractivity contribution in [3.05, 3.63) is 64.0 Å². The van der Waals surface area contributed by atoms with Gasteiger partial charge in [-0.1, -0.05) is 29.3 Å². The SMILES string of the molecule is O=C(O)c1cccc(Cn2ccc3c(Cl)cc(Cl)cc32)n1. The van der Waals surface area contributed by atoms with Crippen LogP contribution >= 0.6 is 23.2 Å². The van der Waals surface area contributed by atoms with Gasteiger partial charge in [0.05, 0.1) is 22.8 Å². The zero-order chi connectivity index (χ0) is 15.0. The average molecular weight is 321 g/mol. The second-order valence-corrected chi connectivity index (χ2v) is 5.43. The highest BCUT2D eigenvalue weighted by atomic mass is 35.5. The number of aromatic carboxylic acids is 1. The largest absolute Gasteiger partial charge is 0.477 e. The van der Waals surface area contributed by atoms with E-state index in [0.29, 0.717) is 22.3 Å². The molecule has 0 radical (unpaired) electrons. The average Bonchev–Trinajstić information content (AvgIpc) is 2.82. The molecule has 3 rings (SSSR count). The minimum absolute atomic E-state index is 0.0278. The summed E-state index contributed by atoms with van der Waals surface area (Å²) in [5, 5.41) is 11.0. The van der Waals surface area contributed by atoms with Crippen LogP contribution in [0.3, 0.4) is 0 Å². The summed E-state index contributed by atoms with van der Waals surface area (Å²) in [4.78, 5) is 15.1. The lowest BCUT2D eigenvalue weighted by atomic mass is 10.2. The van der Waals surface area contributed by atoms with Gasteiger partial charge in [0.1, 0.15) is 5.69 Å². The number of pyridine rings is 1. The van der Waals surface area contributed by atoms with Gasteiger partial charge >= 0.3 is 5.97 Å². The van der Waals surface area contributed by atoms with Crippen molar-refractivity contribution in [2.24, 2.45) is 0 Å². The van der Waals surface area contributed by atoms with Crippen LogP contribution in [-0.4, -0.2) is 20.6 Å². The fraction of sp³-hybridized carbons (Fsp3) is 0.0667. The predicted molar refractivity (Wildman–Crippen MR) is 82.3 cm³/mol. The molecular formula is C15H10Cl2N2O2. The van der Waals surface area contributed by atoms with E-state index in [1.807, 2.05) is 22.9 Å². The molecule has 0 amide bonds. The first-order valence-corrected chi connectivity index (χ1v) is 6.93. The molecule has 3 aromatic rings. The van der Waals surface area contributed by atoms with Crippen molar-refractivity contribution >= 4 is 40.1 Å². The van der Waals surface area contributed by atoms with Gasteiger partial charge in [-0.25, -0.2) is 9.78 Å². The van der Waals surface area contributed by atoms with E-state index < -0.39 is 5.97 Å². The predicted octanol–water partition coefficient (Wildman–Crippen LogP) is 4.09. The lowest BCUT2D eigenvalue weighted by molar-refractivity contribution is 0.0690. The van der Waals surface area contributed by atoms with Crippen LogP contribution in [-0.2, 0) is 6.54 Å². The van der Waals surface area contributed by atoms with Crippen molar-refractivity contribution < 1.29 is 9.90 Å². The summed E-state index contributed by atoms with van der Waals surface area (Å²) >= 11 is 12.2. The highest BCUT2D eigenvalue weighted by Gasteiger charge is 2.09. The zero-order valence-corrected chi connectivity index (χ0v) is 12.3. The van der Waals surface area contributed by atoms with Crippen molar-refractivity contribution in [1.82, 2.24) is 9.55 Å². The Bertz CT molecular complexity index is 843. The topological polar surface area (TPSA) is 55.1 Å². The van der Waals surface area contributed by atoms with Crippen molar-refractivity contribution in [3.8, 4) is 0 Å². The summed E-state index contributed by atoms with van der Waals surface area (Å²) in [6.07, 6.45) is 1.88. The number of benzene rings is 1. The summed E-state index contributed by atoms with van der Waals surface area (Å²) < 4.78 is 1.93. The third kappa shape index (κ3) is 2.73. The highest BCUT2D eigenvalue weighted by Crippen LogP contribution is 2.29. The van der Waals surface area contributed by atoms with Crippen LogP contribution in [0.1, 0.15) is 16.2 Å². The maximum absolute atomic E-state index is 11.0. The van der Waals surface area contributed by atoms with Gasteiger partial charge in [0.25, 0.3) is 0 Å². The van der Waals surface area contributed by atoms with E-state index in [2.05, 4.69) is 4.98 Å². The Hall–Kier alpha value is -2.04. The van der Waals surface area contributed by atoms with Crippen LogP contribution in [0.2, 0.25) is 10.0 Å². The number of fused-ring (bicyclic) bond motifs is 1. The second-order valence-electron chi connectivity index (χ2n) is 4.58. The molecule has 0 bridgehead atoms. The summed E-state index contributed by atoms with van der Waals surface area (Å²) in [6, 6.07) is 10.3. The quantitative estimate of drug-likeness (QED) is 0.790. The number of carboxylic acid groups (broad SMARTS) is 1. The molecule has 2 heterocycles. The van der Waals surface area contributed by atoms with Crippen molar-refractivity contribution in [3.63, 3.8) is 0 Å². The Morgan fingerprint density at radius 2 is 2.05 bits per heavy atom. The number of hydrogen-bond donors (Lipinski definition) is 1. The molecule has 0 saturated heterocycles. The second kappa shape index (κ2) is 5.39. The van der Waals surface area contributed by atoms with Crippen molar-refractivity contribution in [2.45, 2.75) is 6.54 Å². The van der Waals surface area contributed by atoms with Crippen LogP contribution in [0.5, 0.6) is 0 Å². The summed E-state index contributed by atoms with van der Waals surface area (Å²) in [7, 11) is 0. The Labute approximate surface area is 130 Å². The molecular weight excluding hydrogens is 311 g/mol. The van der Waals surface area contributed by atoms with Crippen LogP contribution in [0.25, 0.3) is 10.9 Å². The van der Waals surface area contributed by atoms with Crippen LogP contribution in [0, 0.1) is 0 Å². The Kier molecular flexibility index (Phi) is 3.57. The van der Waals surface area contributed by atoms with Gasteiger partial charge in [-0.15, -0.1) is 0 Å². The molecule has 21 heavy (non-hydrogen) atoms. The minimum Gasteiger partial charge on any atom is -0.477 e. The van der Waals surface area contributed by atoms with Gasteiger partial charge in [-0.3, -0.25) is 0 Å². The molecule has 0 unspecified atom stereocenters. The van der Waals surface area contributed by atoms with E-state index in [4.69, 9.17) is 28.3 Å². The molecule has 2 aromatic heterocycles. The molecule has 0 aliphatic heterocycles. The number of carboxylic acids is 1. The van der Waals surface area contributed by atoms with Gasteiger partial charge in [0.15, 0.2) is 0 Å². The fourth-order valence-corrected chi connectivity index (χ4v) is 2.76. The van der Waals surface area contributed by atoms with Crippen LogP contribution in [0.4, 0.5) is 0 Å². The van der Waals surface area contributed by atoms with E-state index in [0.717, 1.165) is 10.9 Å². The molecule has 0 aliphatic rings. The lowest BCUT2D eigenvalue weighted by Crippen LogP contribution is -2.05. The maximum atomic E-state index is 11.0. The van der Waals surface area contributed by atoms with Gasteiger partial charge in [0, 0.05) is 16.6 Å². The van der Waals surface area contributed by atoms with Crippen LogP contribution in [0.15, 0.2) is 42.6 Å². The molecule has 4 nitrogen and oxygen atoms in total. The molecule has 6 heteroatoms. The molecule has 0 spiro atoms. The standard InChI is InChI=1S/C15H10Cl2N2O2/c16-9-6-12(17)11-4-5-19(14(11)7-9)8-10-2-1-3-13(18-10)15(20)21/h1-7H,8H2,(H,20,21). The highest BCUT2D eigenvalue weighted by molar-refractivity contribution is 6.38.